The summed E-state index contributed by atoms with van der Waals surface area (Å²) in [5.41, 5.74) is 5.42. The minimum atomic E-state index is -0.325. The number of hydrogen-bond donors (Lipinski definition) is 0. The summed E-state index contributed by atoms with van der Waals surface area (Å²) in [7, 11) is 0. The van der Waals surface area contributed by atoms with Crippen molar-refractivity contribution in [3.63, 3.8) is 0 Å². The molecule has 0 aliphatic rings. The lowest BCUT2D eigenvalue weighted by Crippen LogP contribution is -2.08. The van der Waals surface area contributed by atoms with Crippen LogP contribution in [0, 0.1) is 0 Å². The van der Waals surface area contributed by atoms with Gasteiger partial charge in [0.15, 0.2) is 0 Å². The first-order valence-electron chi connectivity index (χ1n) is 11.6. The average molecular weight is 415 g/mol. The summed E-state index contributed by atoms with van der Waals surface area (Å²) in [6, 6.07) is 24.1. The molecule has 0 amide bonds. The normalized spacial score (nSPS) is 11.0. The molecule has 0 saturated heterocycles. The smallest absolute Gasteiger partial charge is 0.343 e. The summed E-state index contributed by atoms with van der Waals surface area (Å²) in [5.74, 6) is 0.785. The maximum absolute atomic E-state index is 12.5. The maximum Gasteiger partial charge on any atom is 0.343 e. The van der Waals surface area contributed by atoms with Crippen LogP contribution >= 0.6 is 0 Å². The van der Waals surface area contributed by atoms with Crippen LogP contribution in [-0.2, 0) is 6.42 Å². The number of hydrogen-bond acceptors (Lipinski definition) is 2. The molecule has 0 fully saturated rings. The molecule has 31 heavy (non-hydrogen) atoms. The topological polar surface area (TPSA) is 26.3 Å². The van der Waals surface area contributed by atoms with E-state index in [0.29, 0.717) is 17.2 Å². The predicted octanol–water partition coefficient (Wildman–Crippen LogP) is 8.21. The van der Waals surface area contributed by atoms with Gasteiger partial charge < -0.3 is 4.74 Å². The van der Waals surface area contributed by atoms with Crippen LogP contribution in [0.2, 0.25) is 0 Å². The molecule has 0 N–H and O–H groups in total. The Kier molecular flexibility index (Phi) is 8.46. The van der Waals surface area contributed by atoms with Crippen LogP contribution in [0.4, 0.5) is 0 Å². The Labute approximate surface area is 187 Å². The van der Waals surface area contributed by atoms with Crippen LogP contribution in [0.15, 0.2) is 72.8 Å². The molecule has 0 bridgehead atoms. The van der Waals surface area contributed by atoms with Gasteiger partial charge in [-0.15, -0.1) is 0 Å². The van der Waals surface area contributed by atoms with Gasteiger partial charge >= 0.3 is 5.97 Å². The van der Waals surface area contributed by atoms with Gasteiger partial charge in [-0.1, -0.05) is 95.0 Å². The highest BCUT2D eigenvalue weighted by Gasteiger charge is 2.09. The first kappa shape index (κ1) is 22.8. The molecule has 2 nitrogen and oxygen atoms in total. The Hall–Kier alpha value is -2.87. The highest BCUT2D eigenvalue weighted by molar-refractivity contribution is 5.91. The number of unbranched alkanes of at least 4 members (excludes halogenated alkanes) is 4. The maximum atomic E-state index is 12.5. The molecule has 0 aromatic heterocycles. The second-order valence-corrected chi connectivity index (χ2v) is 8.55. The second-order valence-electron chi connectivity index (χ2n) is 8.55. The molecule has 0 spiro atoms. The highest BCUT2D eigenvalue weighted by Crippen LogP contribution is 2.24. The first-order valence-corrected chi connectivity index (χ1v) is 11.6. The zero-order chi connectivity index (χ0) is 22.1. The van der Waals surface area contributed by atoms with Crippen LogP contribution < -0.4 is 4.74 Å². The third-order valence-electron chi connectivity index (χ3n) is 5.73. The van der Waals surface area contributed by atoms with Crippen molar-refractivity contribution in [2.24, 2.45) is 0 Å². The molecule has 0 unspecified atom stereocenters. The van der Waals surface area contributed by atoms with Crippen molar-refractivity contribution in [2.75, 3.05) is 0 Å². The van der Waals surface area contributed by atoms with E-state index in [9.17, 15) is 4.79 Å². The van der Waals surface area contributed by atoms with Crippen LogP contribution in [-0.4, -0.2) is 5.97 Å². The quantitative estimate of drug-likeness (QED) is 0.190. The molecule has 0 heterocycles. The van der Waals surface area contributed by atoms with Gasteiger partial charge in [-0.25, -0.2) is 4.79 Å². The van der Waals surface area contributed by atoms with Crippen molar-refractivity contribution in [1.82, 2.24) is 0 Å². The number of carbonyl (C=O) groups is 1. The van der Waals surface area contributed by atoms with Crippen LogP contribution in [0.5, 0.6) is 5.75 Å². The van der Waals surface area contributed by atoms with Crippen molar-refractivity contribution in [3.05, 3.63) is 89.5 Å². The summed E-state index contributed by atoms with van der Waals surface area (Å²) >= 11 is 0. The summed E-state index contributed by atoms with van der Waals surface area (Å²) < 4.78 is 5.56. The van der Waals surface area contributed by atoms with Crippen molar-refractivity contribution < 1.29 is 9.53 Å². The van der Waals surface area contributed by atoms with Crippen LogP contribution in [0.1, 0.15) is 80.3 Å². The average Bonchev–Trinajstić information content (AvgIpc) is 2.80. The van der Waals surface area contributed by atoms with Gasteiger partial charge in [-0.3, -0.25) is 0 Å². The van der Waals surface area contributed by atoms with Crippen molar-refractivity contribution in [1.29, 1.82) is 0 Å². The number of rotatable bonds is 10. The van der Waals surface area contributed by atoms with E-state index in [1.165, 1.54) is 43.2 Å². The Morgan fingerprint density at radius 3 is 1.90 bits per heavy atom. The van der Waals surface area contributed by atoms with Crippen LogP contribution in [0.3, 0.4) is 0 Å². The number of aryl methyl sites for hydroxylation is 1. The molecular weight excluding hydrogens is 380 g/mol. The van der Waals surface area contributed by atoms with Gasteiger partial charge in [0, 0.05) is 0 Å². The Morgan fingerprint density at radius 2 is 1.32 bits per heavy atom. The molecule has 2 heteroatoms. The molecule has 3 rings (SSSR count). The van der Waals surface area contributed by atoms with Crippen molar-refractivity contribution in [3.8, 4) is 16.9 Å². The monoisotopic (exact) mass is 414 g/mol. The number of carbonyl (C=O) groups excluding carboxylic acids is 1. The SMILES string of the molecule is CCCCCCCc1ccc(OC(=O)c2ccc(-c3ccc(C(C)C)cc3)cc2)cc1. The van der Waals surface area contributed by atoms with Gasteiger partial charge in [0.1, 0.15) is 5.75 Å². The van der Waals surface area contributed by atoms with E-state index < -0.39 is 0 Å². The van der Waals surface area contributed by atoms with E-state index in [2.05, 4.69) is 57.2 Å². The summed E-state index contributed by atoms with van der Waals surface area (Å²) in [6.07, 6.45) is 7.48. The highest BCUT2D eigenvalue weighted by atomic mass is 16.5. The Balaban J connectivity index is 1.54. The zero-order valence-corrected chi connectivity index (χ0v) is 19.1. The Bertz CT molecular complexity index is 936. The molecule has 3 aromatic carbocycles. The van der Waals surface area contributed by atoms with Gasteiger partial charge in [0.25, 0.3) is 0 Å². The van der Waals surface area contributed by atoms with Crippen molar-refractivity contribution in [2.45, 2.75) is 65.2 Å². The third-order valence-corrected chi connectivity index (χ3v) is 5.73. The standard InChI is InChI=1S/C29H34O2/c1-4-5-6-7-8-9-23-10-20-28(21-11-23)31-29(30)27-18-16-26(17-19-27)25-14-12-24(13-15-25)22(2)3/h10-22H,4-9H2,1-3H3. The first-order chi connectivity index (χ1) is 15.1. The van der Waals surface area contributed by atoms with E-state index in [1.807, 2.05) is 36.4 Å². The lowest BCUT2D eigenvalue weighted by molar-refractivity contribution is 0.0734. The molecular formula is C29H34O2. The lowest BCUT2D eigenvalue weighted by Gasteiger charge is -2.09. The van der Waals surface area contributed by atoms with Crippen molar-refractivity contribution >= 4 is 5.97 Å². The molecule has 0 atom stereocenters. The van der Waals surface area contributed by atoms with E-state index in [0.717, 1.165) is 17.5 Å². The van der Waals surface area contributed by atoms with Gasteiger partial charge in [0.05, 0.1) is 5.56 Å². The van der Waals surface area contributed by atoms with Gasteiger partial charge in [0.2, 0.25) is 0 Å². The molecule has 3 aromatic rings. The molecule has 0 aliphatic heterocycles. The van der Waals surface area contributed by atoms with Crippen LogP contribution in [0.25, 0.3) is 11.1 Å². The van der Waals surface area contributed by atoms with E-state index >= 15 is 0 Å². The second kappa shape index (κ2) is 11.5. The zero-order valence-electron chi connectivity index (χ0n) is 19.1. The molecule has 162 valence electrons. The van der Waals surface area contributed by atoms with E-state index in [4.69, 9.17) is 4.74 Å². The largest absolute Gasteiger partial charge is 0.423 e. The minimum Gasteiger partial charge on any atom is -0.423 e. The fourth-order valence-corrected chi connectivity index (χ4v) is 3.68. The van der Waals surface area contributed by atoms with E-state index in [-0.39, 0.29) is 5.97 Å². The van der Waals surface area contributed by atoms with E-state index in [1.54, 1.807) is 0 Å². The lowest BCUT2D eigenvalue weighted by atomic mass is 9.98. The number of ether oxygens (including phenoxy) is 1. The number of esters is 1. The number of benzene rings is 3. The molecule has 0 radical (unpaired) electrons. The predicted molar refractivity (Wildman–Crippen MR) is 130 cm³/mol. The van der Waals surface area contributed by atoms with Gasteiger partial charge in [-0.05, 0) is 65.3 Å². The molecule has 0 saturated carbocycles. The minimum absolute atomic E-state index is 0.325. The third kappa shape index (κ3) is 6.82. The summed E-state index contributed by atoms with van der Waals surface area (Å²) in [6.45, 7) is 6.62. The fraction of sp³-hybridized carbons (Fsp3) is 0.345. The molecule has 0 aliphatic carbocycles. The Morgan fingerprint density at radius 1 is 0.742 bits per heavy atom. The fourth-order valence-electron chi connectivity index (χ4n) is 3.68. The summed E-state index contributed by atoms with van der Waals surface area (Å²) in [4.78, 5) is 12.5. The van der Waals surface area contributed by atoms with Gasteiger partial charge in [-0.2, -0.15) is 0 Å². The summed E-state index contributed by atoms with van der Waals surface area (Å²) in [5, 5.41) is 0.